The molecular formula is C48H44N8. The molecule has 4 aromatic heterocycles. The predicted molar refractivity (Wildman–Crippen MR) is 232 cm³/mol. The van der Waals surface area contributed by atoms with Crippen molar-refractivity contribution in [2.45, 2.75) is 0 Å². The minimum absolute atomic E-state index is 0.990. The van der Waals surface area contributed by atoms with Gasteiger partial charge >= 0.3 is 0 Å². The number of fused-ring (bicyclic) bond motifs is 8. The topological polar surface area (TPSA) is 111 Å². The van der Waals surface area contributed by atoms with Gasteiger partial charge in [-0.25, -0.2) is 0 Å². The van der Waals surface area contributed by atoms with Gasteiger partial charge in [0.1, 0.15) is 0 Å². The number of nitrogens with one attached hydrogen (secondary N) is 8. The molecule has 0 spiro atoms. The lowest BCUT2D eigenvalue weighted by molar-refractivity contribution is 1.19. The van der Waals surface area contributed by atoms with Gasteiger partial charge in [0.2, 0.25) is 0 Å². The molecular weight excluding hydrogens is 689 g/mol. The first-order valence-corrected chi connectivity index (χ1v) is 19.0. The Labute approximate surface area is 325 Å². The number of para-hydroxylation sites is 4. The molecule has 8 bridgehead atoms. The van der Waals surface area contributed by atoms with Gasteiger partial charge in [-0.3, -0.25) is 0 Å². The van der Waals surface area contributed by atoms with E-state index in [0.717, 1.165) is 111 Å². The van der Waals surface area contributed by atoms with Gasteiger partial charge in [-0.05, 0) is 72.8 Å². The predicted octanol–water partition coefficient (Wildman–Crippen LogP) is 6.47. The largest absolute Gasteiger partial charge is 0.388 e. The summed E-state index contributed by atoms with van der Waals surface area (Å²) >= 11 is 0. The minimum Gasteiger partial charge on any atom is -0.388 e. The number of benzene rings is 4. The number of rotatable bonds is 8. The molecule has 0 saturated heterocycles. The molecule has 4 aromatic carbocycles. The van der Waals surface area contributed by atoms with E-state index in [4.69, 9.17) is 0 Å². The fourth-order valence-electron chi connectivity index (χ4n) is 8.16. The highest BCUT2D eigenvalue weighted by Gasteiger charge is 2.21. The van der Waals surface area contributed by atoms with Crippen molar-refractivity contribution >= 4 is 45.0 Å². The molecule has 0 atom stereocenters. The third kappa shape index (κ3) is 5.88. The molecule has 0 saturated carbocycles. The van der Waals surface area contributed by atoms with Gasteiger partial charge in [0, 0.05) is 140 Å². The molecule has 0 amide bonds. The summed E-state index contributed by atoms with van der Waals surface area (Å²) in [5.41, 5.74) is 16.6. The second-order valence-electron chi connectivity index (χ2n) is 13.8. The Morgan fingerprint density at radius 2 is 0.500 bits per heavy atom. The first kappa shape index (κ1) is 34.4. The molecule has 276 valence electrons. The number of hydrogen-bond acceptors (Lipinski definition) is 4. The van der Waals surface area contributed by atoms with E-state index < -0.39 is 0 Å². The second-order valence-corrected chi connectivity index (χ2v) is 13.8. The van der Waals surface area contributed by atoms with E-state index in [2.05, 4.69) is 187 Å². The molecule has 8 nitrogen and oxygen atoms in total. The molecule has 5 heterocycles. The van der Waals surface area contributed by atoms with Crippen LogP contribution in [0.5, 0.6) is 0 Å². The van der Waals surface area contributed by atoms with Crippen molar-refractivity contribution in [1.82, 2.24) is 19.9 Å². The maximum atomic E-state index is 3.91. The maximum absolute atomic E-state index is 3.91. The average molecular weight is 733 g/mol. The summed E-state index contributed by atoms with van der Waals surface area (Å²) in [6.07, 6.45) is 0. The summed E-state index contributed by atoms with van der Waals surface area (Å²) in [5.74, 6) is 0. The zero-order valence-electron chi connectivity index (χ0n) is 31.9. The van der Waals surface area contributed by atoms with Crippen LogP contribution in [0.4, 0.5) is 22.7 Å². The van der Waals surface area contributed by atoms with Crippen LogP contribution in [0.3, 0.4) is 0 Å². The second kappa shape index (κ2) is 14.5. The number of aromatic nitrogens is 4. The van der Waals surface area contributed by atoms with Gasteiger partial charge < -0.3 is 41.2 Å². The van der Waals surface area contributed by atoms with Crippen molar-refractivity contribution in [3.8, 4) is 0 Å². The Morgan fingerprint density at radius 1 is 0.268 bits per heavy atom. The minimum atomic E-state index is 0.990. The van der Waals surface area contributed by atoms with E-state index in [9.17, 15) is 0 Å². The molecule has 9 rings (SSSR count). The van der Waals surface area contributed by atoms with Crippen LogP contribution in [0, 0.1) is 0 Å². The monoisotopic (exact) mass is 732 g/mol. The van der Waals surface area contributed by atoms with Crippen LogP contribution in [-0.4, -0.2) is 48.1 Å². The van der Waals surface area contributed by atoms with Gasteiger partial charge in [0.05, 0.1) is 0 Å². The van der Waals surface area contributed by atoms with E-state index in [1.54, 1.807) is 0 Å². The zero-order valence-corrected chi connectivity index (χ0v) is 31.9. The smallest absolute Gasteiger partial charge is 0.0486 e. The molecule has 0 radical (unpaired) electrons. The van der Waals surface area contributed by atoms with Crippen molar-refractivity contribution in [2.75, 3.05) is 49.5 Å². The van der Waals surface area contributed by atoms with Crippen LogP contribution < -0.4 is 42.7 Å². The van der Waals surface area contributed by atoms with E-state index in [1.165, 1.54) is 0 Å². The van der Waals surface area contributed by atoms with Gasteiger partial charge in [0.25, 0.3) is 0 Å². The van der Waals surface area contributed by atoms with E-state index in [1.807, 2.05) is 28.2 Å². The number of hydrogen-bond donors (Lipinski definition) is 8. The normalized spacial score (nSPS) is 12.5. The summed E-state index contributed by atoms with van der Waals surface area (Å²) in [6.45, 7) is 0. The first-order chi connectivity index (χ1) is 27.6. The van der Waals surface area contributed by atoms with Crippen molar-refractivity contribution < 1.29 is 0 Å². The maximum Gasteiger partial charge on any atom is 0.0486 e. The van der Waals surface area contributed by atoms with Gasteiger partial charge in [-0.1, -0.05) is 72.8 Å². The molecule has 56 heavy (non-hydrogen) atoms. The Hall–Kier alpha value is -7.32. The van der Waals surface area contributed by atoms with Crippen molar-refractivity contribution in [1.29, 1.82) is 0 Å². The van der Waals surface area contributed by atoms with Crippen molar-refractivity contribution in [2.24, 2.45) is 0 Å². The third-order valence-electron chi connectivity index (χ3n) is 10.8. The SMILES string of the molecule is CNc1ccccc1C1=c2ccc([nH]2)=C(c2ccccc2NC)c2ccc([nH]2)C(c2ccccc2NC)=c2ccc([nH]2)=C(c2ccccc2NC)c2ccc1[nH]2. The van der Waals surface area contributed by atoms with Crippen LogP contribution >= 0.6 is 0 Å². The van der Waals surface area contributed by atoms with Crippen LogP contribution in [-0.2, 0) is 0 Å². The standard InChI is InChI=1S/C48H44N8/c1-49-33-17-9-5-13-29(33)45-37-21-23-39(53-37)46(30-14-6-10-18-34(30)50-2)41-25-27-43(55-41)48(32-16-8-12-20-36(32)52-4)44-28-26-42(56-44)47(40-24-22-38(45)54-40)31-15-7-11-19-35(31)51-3/h5-28,49-56H,1-4H3. The van der Waals surface area contributed by atoms with E-state index in [-0.39, 0.29) is 0 Å². The fraction of sp³-hybridized carbons (Fsp3) is 0.0833. The molecule has 1 aliphatic rings. The van der Waals surface area contributed by atoms with Gasteiger partial charge in [0.15, 0.2) is 0 Å². The summed E-state index contributed by atoms with van der Waals surface area (Å²) in [6, 6.07) is 51.4. The lowest BCUT2D eigenvalue weighted by atomic mass is 10.0. The Balaban J connectivity index is 1.47. The molecule has 8 N–H and O–H groups in total. The summed E-state index contributed by atoms with van der Waals surface area (Å²) < 4.78 is 0. The average Bonchev–Trinajstić information content (AvgIpc) is 4.10. The molecule has 8 heteroatoms. The Morgan fingerprint density at radius 3 is 0.732 bits per heavy atom. The number of H-pyrrole nitrogens is 4. The summed E-state index contributed by atoms with van der Waals surface area (Å²) in [4.78, 5) is 15.6. The van der Waals surface area contributed by atoms with Crippen LogP contribution in [0.1, 0.15) is 45.0 Å². The molecule has 0 fully saturated rings. The van der Waals surface area contributed by atoms with E-state index in [0.29, 0.717) is 0 Å². The molecule has 0 aliphatic carbocycles. The first-order valence-electron chi connectivity index (χ1n) is 19.0. The quantitative estimate of drug-likeness (QED) is 0.0917. The number of anilines is 4. The lowest BCUT2D eigenvalue weighted by Crippen LogP contribution is -2.19. The molecule has 1 aliphatic heterocycles. The van der Waals surface area contributed by atoms with Gasteiger partial charge in [-0.2, -0.15) is 0 Å². The number of aromatic amines is 4. The van der Waals surface area contributed by atoms with Crippen LogP contribution in [0.2, 0.25) is 0 Å². The van der Waals surface area contributed by atoms with Crippen LogP contribution in [0.25, 0.3) is 22.3 Å². The summed E-state index contributed by atoms with van der Waals surface area (Å²) in [7, 11) is 7.90. The Kier molecular flexibility index (Phi) is 8.91. The summed E-state index contributed by atoms with van der Waals surface area (Å²) in [5, 5.41) is 17.7. The van der Waals surface area contributed by atoms with E-state index >= 15 is 0 Å². The highest BCUT2D eigenvalue weighted by Crippen LogP contribution is 2.33. The van der Waals surface area contributed by atoms with Gasteiger partial charge in [-0.15, -0.1) is 0 Å². The van der Waals surface area contributed by atoms with Crippen molar-refractivity contribution in [3.05, 3.63) is 212 Å². The van der Waals surface area contributed by atoms with Crippen LogP contribution in [0.15, 0.2) is 146 Å². The zero-order chi connectivity index (χ0) is 38.2. The Bertz CT molecular complexity index is 2590. The highest BCUT2D eigenvalue weighted by molar-refractivity contribution is 5.90. The van der Waals surface area contributed by atoms with Crippen molar-refractivity contribution in [3.63, 3.8) is 0 Å². The fourth-order valence-corrected chi connectivity index (χ4v) is 8.16. The third-order valence-corrected chi connectivity index (χ3v) is 10.8. The lowest BCUT2D eigenvalue weighted by Gasteiger charge is -2.14. The molecule has 0 unspecified atom stereocenters. The highest BCUT2D eigenvalue weighted by atomic mass is 14.9. The molecule has 8 aromatic rings.